The molecule has 0 atom stereocenters. The molecule has 0 radical (unpaired) electrons. The number of aromatic hydroxyl groups is 1. The Hall–Kier alpha value is -1.23. The zero-order valence-electron chi connectivity index (χ0n) is 12.9. The van der Waals surface area contributed by atoms with Crippen LogP contribution >= 0.6 is 0 Å². The molecule has 2 N–H and O–H groups in total. The second-order valence-corrected chi connectivity index (χ2v) is 8.43. The Bertz CT molecular complexity index is 557. The summed E-state index contributed by atoms with van der Waals surface area (Å²) in [5.41, 5.74) is 1.12. The van der Waals surface area contributed by atoms with Gasteiger partial charge in [0.05, 0.1) is 11.4 Å². The molecule has 0 saturated carbocycles. The monoisotopic (exact) mass is 299 g/mol. The van der Waals surface area contributed by atoms with Crippen molar-refractivity contribution in [2.24, 2.45) is 5.92 Å². The van der Waals surface area contributed by atoms with Crippen LogP contribution in [0.2, 0.25) is 0 Å². The third-order valence-electron chi connectivity index (χ3n) is 3.09. The van der Waals surface area contributed by atoms with Gasteiger partial charge in [-0.05, 0) is 35.4 Å². The van der Waals surface area contributed by atoms with E-state index in [-0.39, 0.29) is 22.6 Å². The number of rotatable bonds is 5. The largest absolute Gasteiger partial charge is 0.506 e. The zero-order valence-corrected chi connectivity index (χ0v) is 13.7. The quantitative estimate of drug-likeness (QED) is 0.818. The molecular formula is C15H25NO3S. The molecule has 0 spiro atoms. The van der Waals surface area contributed by atoms with Crippen LogP contribution in [0.3, 0.4) is 0 Å². The smallest absolute Gasteiger partial charge is 0.232 e. The second-order valence-electron chi connectivity index (χ2n) is 6.59. The molecule has 20 heavy (non-hydrogen) atoms. The lowest BCUT2D eigenvalue weighted by molar-refractivity contribution is 0.476. The SMILES string of the molecule is CC(C)CCS(=O)(=O)Nc1cc(C(C)(C)C)ccc1O. The molecule has 0 aliphatic carbocycles. The van der Waals surface area contributed by atoms with Crippen molar-refractivity contribution in [3.63, 3.8) is 0 Å². The Morgan fingerprint density at radius 1 is 1.25 bits per heavy atom. The standard InChI is InChI=1S/C15H25NO3S/c1-11(2)8-9-20(18,19)16-13-10-12(15(3,4)5)6-7-14(13)17/h6-7,10-11,16-17H,8-9H2,1-5H3. The van der Waals surface area contributed by atoms with Gasteiger partial charge in [0.1, 0.15) is 5.75 Å². The van der Waals surface area contributed by atoms with E-state index in [1.54, 1.807) is 12.1 Å². The number of phenols is 1. The molecule has 4 nitrogen and oxygen atoms in total. The first-order valence-corrected chi connectivity index (χ1v) is 8.50. The van der Waals surface area contributed by atoms with Gasteiger partial charge in [-0.15, -0.1) is 0 Å². The summed E-state index contributed by atoms with van der Waals surface area (Å²) in [5.74, 6) is 0.330. The van der Waals surface area contributed by atoms with Gasteiger partial charge in [0.25, 0.3) is 0 Å². The maximum atomic E-state index is 12.0. The summed E-state index contributed by atoms with van der Waals surface area (Å²) in [6, 6.07) is 5.03. The molecule has 0 saturated heterocycles. The van der Waals surface area contributed by atoms with Gasteiger partial charge >= 0.3 is 0 Å². The fourth-order valence-corrected chi connectivity index (χ4v) is 3.08. The van der Waals surface area contributed by atoms with Crippen LogP contribution in [-0.2, 0) is 15.4 Å². The summed E-state index contributed by atoms with van der Waals surface area (Å²) in [6.07, 6.45) is 0.592. The lowest BCUT2D eigenvalue weighted by Crippen LogP contribution is -2.19. The molecule has 0 fully saturated rings. The minimum absolute atomic E-state index is 0.0499. The third kappa shape index (κ3) is 5.04. The number of sulfonamides is 1. The third-order valence-corrected chi connectivity index (χ3v) is 4.40. The summed E-state index contributed by atoms with van der Waals surface area (Å²) in [5, 5.41) is 9.81. The Kier molecular flexibility index (Phi) is 5.08. The fourth-order valence-electron chi connectivity index (χ4n) is 1.69. The van der Waals surface area contributed by atoms with E-state index in [2.05, 4.69) is 4.72 Å². The van der Waals surface area contributed by atoms with Gasteiger partial charge in [-0.25, -0.2) is 8.42 Å². The van der Waals surface area contributed by atoms with Crippen LogP contribution in [-0.4, -0.2) is 19.3 Å². The molecule has 0 aromatic heterocycles. The molecule has 1 aromatic rings. The lowest BCUT2D eigenvalue weighted by atomic mass is 9.87. The van der Waals surface area contributed by atoms with Crippen LogP contribution < -0.4 is 4.72 Å². The van der Waals surface area contributed by atoms with E-state index in [1.165, 1.54) is 6.07 Å². The van der Waals surface area contributed by atoms with E-state index in [9.17, 15) is 13.5 Å². The summed E-state index contributed by atoms with van der Waals surface area (Å²) < 4.78 is 26.5. The van der Waals surface area contributed by atoms with Crippen molar-refractivity contribution >= 4 is 15.7 Å². The Balaban J connectivity index is 2.97. The minimum Gasteiger partial charge on any atom is -0.506 e. The van der Waals surface area contributed by atoms with E-state index < -0.39 is 10.0 Å². The Labute approximate surface area is 122 Å². The molecule has 0 heterocycles. The van der Waals surface area contributed by atoms with E-state index in [0.29, 0.717) is 12.3 Å². The highest BCUT2D eigenvalue weighted by atomic mass is 32.2. The molecule has 0 aliphatic heterocycles. The van der Waals surface area contributed by atoms with Gasteiger partial charge in [-0.3, -0.25) is 4.72 Å². The van der Waals surface area contributed by atoms with Gasteiger partial charge in [0, 0.05) is 0 Å². The fraction of sp³-hybridized carbons (Fsp3) is 0.600. The van der Waals surface area contributed by atoms with Gasteiger partial charge in [-0.2, -0.15) is 0 Å². The van der Waals surface area contributed by atoms with Gasteiger partial charge in [-0.1, -0.05) is 40.7 Å². The van der Waals surface area contributed by atoms with Gasteiger partial charge in [0.15, 0.2) is 0 Å². The van der Waals surface area contributed by atoms with Crippen molar-refractivity contribution in [3.8, 4) is 5.75 Å². The van der Waals surface area contributed by atoms with E-state index in [4.69, 9.17) is 0 Å². The summed E-state index contributed by atoms with van der Waals surface area (Å²) in [4.78, 5) is 0. The first kappa shape index (κ1) is 16.8. The molecule has 0 aliphatic rings. The lowest BCUT2D eigenvalue weighted by Gasteiger charge is -2.20. The van der Waals surface area contributed by atoms with Crippen molar-refractivity contribution in [2.75, 3.05) is 10.5 Å². The molecule has 0 bridgehead atoms. The van der Waals surface area contributed by atoms with Crippen LogP contribution in [0.4, 0.5) is 5.69 Å². The molecule has 0 amide bonds. The average Bonchev–Trinajstić information content (AvgIpc) is 2.28. The first-order valence-electron chi connectivity index (χ1n) is 6.85. The van der Waals surface area contributed by atoms with Crippen molar-refractivity contribution in [2.45, 2.75) is 46.5 Å². The van der Waals surface area contributed by atoms with Gasteiger partial charge < -0.3 is 5.11 Å². The molecule has 1 rings (SSSR count). The van der Waals surface area contributed by atoms with E-state index in [1.807, 2.05) is 34.6 Å². The average molecular weight is 299 g/mol. The predicted molar refractivity (Wildman–Crippen MR) is 83.7 cm³/mol. The summed E-state index contributed by atoms with van der Waals surface area (Å²) in [7, 11) is -3.42. The Morgan fingerprint density at radius 3 is 2.35 bits per heavy atom. The molecular weight excluding hydrogens is 274 g/mol. The molecule has 0 unspecified atom stereocenters. The van der Waals surface area contributed by atoms with Crippen molar-refractivity contribution in [1.82, 2.24) is 0 Å². The number of benzene rings is 1. The first-order chi connectivity index (χ1) is 9.01. The van der Waals surface area contributed by atoms with Crippen molar-refractivity contribution < 1.29 is 13.5 Å². The predicted octanol–water partition coefficient (Wildman–Crippen LogP) is 3.48. The van der Waals surface area contributed by atoms with Crippen LogP contribution in [0.5, 0.6) is 5.75 Å². The number of anilines is 1. The van der Waals surface area contributed by atoms with Crippen molar-refractivity contribution in [3.05, 3.63) is 23.8 Å². The number of nitrogens with one attached hydrogen (secondary N) is 1. The van der Waals surface area contributed by atoms with Crippen LogP contribution in [0, 0.1) is 5.92 Å². The zero-order chi connectivity index (χ0) is 15.6. The van der Waals surface area contributed by atoms with E-state index in [0.717, 1.165) is 5.56 Å². The van der Waals surface area contributed by atoms with Gasteiger partial charge in [0.2, 0.25) is 10.0 Å². The van der Waals surface area contributed by atoms with Crippen LogP contribution in [0.25, 0.3) is 0 Å². The van der Waals surface area contributed by atoms with Crippen LogP contribution in [0.15, 0.2) is 18.2 Å². The Morgan fingerprint density at radius 2 is 1.85 bits per heavy atom. The highest BCUT2D eigenvalue weighted by Crippen LogP contribution is 2.31. The van der Waals surface area contributed by atoms with Crippen LogP contribution in [0.1, 0.15) is 46.6 Å². The summed E-state index contributed by atoms with van der Waals surface area (Å²) >= 11 is 0. The highest BCUT2D eigenvalue weighted by molar-refractivity contribution is 7.92. The minimum atomic E-state index is -3.42. The molecule has 114 valence electrons. The van der Waals surface area contributed by atoms with E-state index >= 15 is 0 Å². The topological polar surface area (TPSA) is 66.4 Å². The normalized spacial score (nSPS) is 12.7. The van der Waals surface area contributed by atoms with Crippen molar-refractivity contribution in [1.29, 1.82) is 0 Å². The molecule has 5 heteroatoms. The number of hydrogen-bond acceptors (Lipinski definition) is 3. The number of phenolic OH excluding ortho intramolecular Hbond substituents is 1. The number of hydrogen-bond donors (Lipinski definition) is 2. The molecule has 1 aromatic carbocycles. The maximum Gasteiger partial charge on any atom is 0.232 e. The summed E-state index contributed by atoms with van der Waals surface area (Å²) in [6.45, 7) is 10.1. The maximum absolute atomic E-state index is 12.0. The highest BCUT2D eigenvalue weighted by Gasteiger charge is 2.18. The second kappa shape index (κ2) is 6.04.